The molecule has 4 atom stereocenters. The lowest BCUT2D eigenvalue weighted by atomic mass is 10.1. The third kappa shape index (κ3) is 3.10. The lowest BCUT2D eigenvalue weighted by molar-refractivity contribution is -0.225. The van der Waals surface area contributed by atoms with Crippen LogP contribution in [0.5, 0.6) is 0 Å². The summed E-state index contributed by atoms with van der Waals surface area (Å²) >= 11 is 0. The van der Waals surface area contributed by atoms with Crippen LogP contribution in [0.25, 0.3) is 0 Å². The Morgan fingerprint density at radius 1 is 1.20 bits per heavy atom. The monoisotopic (exact) mass is 304 g/mol. The number of aliphatic hydroxyl groups is 1. The Bertz CT molecular complexity index is 363. The molecule has 2 rings (SSSR count). The van der Waals surface area contributed by atoms with Crippen molar-refractivity contribution < 1.29 is 23.7 Å². The van der Waals surface area contributed by atoms with Crippen LogP contribution in [-0.2, 0) is 18.6 Å². The van der Waals surface area contributed by atoms with Gasteiger partial charge in [0.25, 0.3) is 0 Å². The van der Waals surface area contributed by atoms with E-state index in [1.54, 1.807) is 0 Å². The molecule has 0 aromatic carbocycles. The maximum atomic E-state index is 10.2. The van der Waals surface area contributed by atoms with Crippen molar-refractivity contribution in [1.29, 1.82) is 0 Å². The van der Waals surface area contributed by atoms with Crippen LogP contribution in [0.15, 0.2) is 0 Å². The predicted octanol–water partition coefficient (Wildman–Crippen LogP) is 2.25. The zero-order valence-corrected chi connectivity index (χ0v) is 14.6. The fourth-order valence-corrected chi connectivity index (χ4v) is 3.65. The van der Waals surface area contributed by atoms with Gasteiger partial charge in [-0.3, -0.25) is 0 Å². The molecule has 1 unspecified atom stereocenters. The Balaban J connectivity index is 2.17. The first kappa shape index (κ1) is 16.4. The molecule has 118 valence electrons. The van der Waals surface area contributed by atoms with E-state index in [2.05, 4.69) is 33.9 Å². The SMILES string of the molecule is CC1(C)O[C@H]2[C@H](O[Si](C)(C)C(C)(C)C)C(O)OC[C@H]2O1. The second kappa shape index (κ2) is 5.03. The van der Waals surface area contributed by atoms with Crippen LogP contribution in [0.2, 0.25) is 18.1 Å². The summed E-state index contributed by atoms with van der Waals surface area (Å²) in [7, 11) is -2.02. The molecule has 0 amide bonds. The summed E-state index contributed by atoms with van der Waals surface area (Å²) in [5.41, 5.74) is 0. The number of aliphatic hydroxyl groups excluding tert-OH is 1. The molecule has 0 bridgehead atoms. The van der Waals surface area contributed by atoms with Crippen LogP contribution in [0.3, 0.4) is 0 Å². The Hall–Kier alpha value is 0.0169. The van der Waals surface area contributed by atoms with Gasteiger partial charge in [-0.1, -0.05) is 20.8 Å². The van der Waals surface area contributed by atoms with Gasteiger partial charge < -0.3 is 23.7 Å². The molecule has 2 aliphatic heterocycles. The van der Waals surface area contributed by atoms with E-state index < -0.39 is 26.5 Å². The van der Waals surface area contributed by atoms with Crippen molar-refractivity contribution in [2.24, 2.45) is 0 Å². The third-order valence-electron chi connectivity index (χ3n) is 4.49. The molecule has 2 fully saturated rings. The topological polar surface area (TPSA) is 57.2 Å². The van der Waals surface area contributed by atoms with E-state index in [1.165, 1.54) is 0 Å². The Labute approximate surface area is 122 Å². The number of hydrogen-bond donors (Lipinski definition) is 1. The van der Waals surface area contributed by atoms with Crippen molar-refractivity contribution in [2.45, 2.75) is 83.1 Å². The van der Waals surface area contributed by atoms with Crippen LogP contribution in [-0.4, -0.2) is 50.4 Å². The molecular weight excluding hydrogens is 276 g/mol. The van der Waals surface area contributed by atoms with E-state index in [-0.39, 0.29) is 17.2 Å². The van der Waals surface area contributed by atoms with E-state index in [4.69, 9.17) is 18.6 Å². The molecular formula is C14H28O5Si. The smallest absolute Gasteiger partial charge is 0.192 e. The molecule has 0 aliphatic carbocycles. The van der Waals surface area contributed by atoms with Gasteiger partial charge in [0.2, 0.25) is 0 Å². The van der Waals surface area contributed by atoms with Gasteiger partial charge >= 0.3 is 0 Å². The zero-order valence-electron chi connectivity index (χ0n) is 13.6. The van der Waals surface area contributed by atoms with Crippen LogP contribution < -0.4 is 0 Å². The first-order chi connectivity index (χ1) is 8.93. The van der Waals surface area contributed by atoms with Crippen molar-refractivity contribution in [2.75, 3.05) is 6.61 Å². The summed E-state index contributed by atoms with van der Waals surface area (Å²) in [5, 5.41) is 10.2. The van der Waals surface area contributed by atoms with E-state index in [0.29, 0.717) is 6.61 Å². The highest BCUT2D eigenvalue weighted by molar-refractivity contribution is 6.74. The van der Waals surface area contributed by atoms with Crippen molar-refractivity contribution in [3.63, 3.8) is 0 Å². The number of fused-ring (bicyclic) bond motifs is 1. The van der Waals surface area contributed by atoms with Gasteiger partial charge in [-0.15, -0.1) is 0 Å². The molecule has 1 N–H and O–H groups in total. The first-order valence-corrected chi connectivity index (χ1v) is 10.2. The van der Waals surface area contributed by atoms with Crippen LogP contribution in [0.4, 0.5) is 0 Å². The number of rotatable bonds is 2. The molecule has 0 aromatic rings. The van der Waals surface area contributed by atoms with Crippen molar-refractivity contribution in [3.8, 4) is 0 Å². The maximum absolute atomic E-state index is 10.2. The van der Waals surface area contributed by atoms with E-state index in [0.717, 1.165) is 0 Å². The van der Waals surface area contributed by atoms with Gasteiger partial charge in [0.05, 0.1) is 6.61 Å². The van der Waals surface area contributed by atoms with Gasteiger partial charge in [0, 0.05) is 0 Å². The first-order valence-electron chi connectivity index (χ1n) is 7.26. The van der Waals surface area contributed by atoms with Crippen molar-refractivity contribution in [1.82, 2.24) is 0 Å². The summed E-state index contributed by atoms with van der Waals surface area (Å²) in [6, 6.07) is 0. The van der Waals surface area contributed by atoms with Crippen molar-refractivity contribution >= 4 is 8.32 Å². The molecule has 2 aliphatic rings. The summed E-state index contributed by atoms with van der Waals surface area (Å²) in [6.45, 7) is 14.9. The molecule has 0 aromatic heterocycles. The lowest BCUT2D eigenvalue weighted by Gasteiger charge is -2.44. The maximum Gasteiger partial charge on any atom is 0.192 e. The summed E-state index contributed by atoms with van der Waals surface area (Å²) in [4.78, 5) is 0. The standard InChI is InChI=1S/C14H28O5Si/c1-13(2,3)20(6,7)19-11-10-9(8-16-12(11)15)17-14(4,5)18-10/h9-12,15H,8H2,1-7H3/t9-,10-,11+,12?/m1/s1. The predicted molar refractivity (Wildman–Crippen MR) is 77.9 cm³/mol. The minimum Gasteiger partial charge on any atom is -0.406 e. The molecule has 6 heteroatoms. The lowest BCUT2D eigenvalue weighted by Crippen LogP contribution is -2.58. The molecule has 0 radical (unpaired) electrons. The largest absolute Gasteiger partial charge is 0.406 e. The second-order valence-electron chi connectivity index (χ2n) is 7.71. The Morgan fingerprint density at radius 2 is 1.80 bits per heavy atom. The molecule has 0 saturated carbocycles. The molecule has 2 saturated heterocycles. The summed E-state index contributed by atoms with van der Waals surface area (Å²) < 4.78 is 23.5. The Kier molecular flexibility index (Phi) is 4.13. The van der Waals surface area contributed by atoms with Gasteiger partial charge in [-0.2, -0.15) is 0 Å². The van der Waals surface area contributed by atoms with Crippen molar-refractivity contribution in [3.05, 3.63) is 0 Å². The van der Waals surface area contributed by atoms with Gasteiger partial charge in [-0.05, 0) is 32.0 Å². The van der Waals surface area contributed by atoms with Gasteiger partial charge in [0.1, 0.15) is 18.3 Å². The fraction of sp³-hybridized carbons (Fsp3) is 1.00. The van der Waals surface area contributed by atoms with Crippen LogP contribution >= 0.6 is 0 Å². The van der Waals surface area contributed by atoms with Gasteiger partial charge in [0.15, 0.2) is 20.4 Å². The highest BCUT2D eigenvalue weighted by Gasteiger charge is 2.53. The van der Waals surface area contributed by atoms with Gasteiger partial charge in [-0.25, -0.2) is 0 Å². The Morgan fingerprint density at radius 3 is 2.35 bits per heavy atom. The average Bonchev–Trinajstić information content (AvgIpc) is 2.56. The second-order valence-corrected chi connectivity index (χ2v) is 12.5. The zero-order chi connectivity index (χ0) is 15.3. The minimum atomic E-state index is -2.02. The number of ether oxygens (including phenoxy) is 3. The molecule has 20 heavy (non-hydrogen) atoms. The van der Waals surface area contributed by atoms with E-state index in [9.17, 15) is 5.11 Å². The molecule has 5 nitrogen and oxygen atoms in total. The van der Waals surface area contributed by atoms with E-state index in [1.807, 2.05) is 13.8 Å². The summed E-state index contributed by atoms with van der Waals surface area (Å²) in [5.74, 6) is -0.655. The average molecular weight is 304 g/mol. The van der Waals surface area contributed by atoms with Crippen LogP contribution in [0.1, 0.15) is 34.6 Å². The molecule has 2 heterocycles. The quantitative estimate of drug-likeness (QED) is 0.793. The van der Waals surface area contributed by atoms with Crippen LogP contribution in [0, 0.1) is 0 Å². The minimum absolute atomic E-state index is 0.0641. The fourth-order valence-electron chi connectivity index (χ4n) is 2.36. The highest BCUT2D eigenvalue weighted by Crippen LogP contribution is 2.41. The van der Waals surface area contributed by atoms with E-state index >= 15 is 0 Å². The molecule has 0 spiro atoms. The number of hydrogen-bond acceptors (Lipinski definition) is 5. The normalized spacial score (nSPS) is 37.8. The third-order valence-corrected chi connectivity index (χ3v) is 8.97. The summed E-state index contributed by atoms with van der Waals surface area (Å²) in [6.07, 6.45) is -1.90. The highest BCUT2D eigenvalue weighted by atomic mass is 28.4.